The normalized spacial score (nSPS) is 12.5. The molecular formula is C10H19NO3S. The highest BCUT2D eigenvalue weighted by Gasteiger charge is 2.17. The maximum absolute atomic E-state index is 10.7. The van der Waals surface area contributed by atoms with Gasteiger partial charge in [-0.1, -0.05) is 13.8 Å². The second-order valence-corrected chi connectivity index (χ2v) is 5.00. The molecule has 88 valence electrons. The molecule has 4 nitrogen and oxygen atoms in total. The molecule has 0 unspecified atom stereocenters. The average Bonchev–Trinajstić information content (AvgIpc) is 2.08. The highest BCUT2D eigenvalue weighted by molar-refractivity contribution is 7.99. The van der Waals surface area contributed by atoms with Crippen LogP contribution in [-0.2, 0) is 9.59 Å². The van der Waals surface area contributed by atoms with Crippen LogP contribution in [0, 0.1) is 5.92 Å². The molecule has 0 saturated carbocycles. The van der Waals surface area contributed by atoms with Crippen LogP contribution in [0.15, 0.2) is 0 Å². The number of carbonyl (C=O) groups excluding carboxylic acids is 1. The summed E-state index contributed by atoms with van der Waals surface area (Å²) in [6, 6.07) is -0.764. The Morgan fingerprint density at radius 3 is 2.40 bits per heavy atom. The van der Waals surface area contributed by atoms with Gasteiger partial charge in [0.05, 0.1) is 0 Å². The van der Waals surface area contributed by atoms with E-state index in [-0.39, 0.29) is 5.91 Å². The Kier molecular flexibility index (Phi) is 7.21. The van der Waals surface area contributed by atoms with Gasteiger partial charge in [-0.2, -0.15) is 11.8 Å². The van der Waals surface area contributed by atoms with Crippen molar-refractivity contribution in [3.63, 3.8) is 0 Å². The van der Waals surface area contributed by atoms with E-state index in [0.717, 1.165) is 12.2 Å². The lowest BCUT2D eigenvalue weighted by molar-refractivity contribution is -0.140. The monoisotopic (exact) mass is 233 g/mol. The van der Waals surface area contributed by atoms with Crippen LogP contribution in [-0.4, -0.2) is 34.5 Å². The SMILES string of the molecule is CC(=O)N[C@@H](CSCCC(C)C)C(=O)O. The number of carboxylic acids is 1. The summed E-state index contributed by atoms with van der Waals surface area (Å²) in [7, 11) is 0. The number of rotatable bonds is 7. The third kappa shape index (κ3) is 8.30. The van der Waals surface area contributed by atoms with Gasteiger partial charge in [-0.05, 0) is 18.1 Å². The Morgan fingerprint density at radius 1 is 1.40 bits per heavy atom. The molecule has 0 fully saturated rings. The Labute approximate surface area is 94.8 Å². The van der Waals surface area contributed by atoms with Crippen molar-refractivity contribution >= 4 is 23.6 Å². The summed E-state index contributed by atoms with van der Waals surface area (Å²) in [6.45, 7) is 5.58. The van der Waals surface area contributed by atoms with Crippen LogP contribution in [0.2, 0.25) is 0 Å². The summed E-state index contributed by atoms with van der Waals surface area (Å²) >= 11 is 1.56. The molecule has 0 aromatic heterocycles. The first-order valence-electron chi connectivity index (χ1n) is 5.01. The van der Waals surface area contributed by atoms with Crippen molar-refractivity contribution in [1.82, 2.24) is 5.32 Å². The Balaban J connectivity index is 3.77. The zero-order chi connectivity index (χ0) is 11.8. The highest BCUT2D eigenvalue weighted by Crippen LogP contribution is 2.10. The standard InChI is InChI=1S/C10H19NO3S/c1-7(2)4-5-15-6-9(10(13)14)11-8(3)12/h7,9H,4-6H2,1-3H3,(H,11,12)(H,13,14)/t9-/m0/s1. The summed E-state index contributed by atoms with van der Waals surface area (Å²) in [4.78, 5) is 21.5. The molecule has 1 atom stereocenters. The number of carbonyl (C=O) groups is 2. The van der Waals surface area contributed by atoms with Crippen LogP contribution in [0.3, 0.4) is 0 Å². The lowest BCUT2D eigenvalue weighted by Gasteiger charge is -2.12. The van der Waals surface area contributed by atoms with Gasteiger partial charge in [0.15, 0.2) is 0 Å². The molecule has 2 N–H and O–H groups in total. The van der Waals surface area contributed by atoms with Crippen molar-refractivity contribution in [3.8, 4) is 0 Å². The summed E-state index contributed by atoms with van der Waals surface area (Å²) < 4.78 is 0. The van der Waals surface area contributed by atoms with Gasteiger partial charge < -0.3 is 10.4 Å². The van der Waals surface area contributed by atoms with Crippen LogP contribution in [0.5, 0.6) is 0 Å². The molecule has 0 bridgehead atoms. The number of thioether (sulfide) groups is 1. The average molecular weight is 233 g/mol. The largest absolute Gasteiger partial charge is 0.480 e. The fourth-order valence-corrected chi connectivity index (χ4v) is 2.21. The summed E-state index contributed by atoms with van der Waals surface area (Å²) in [5.41, 5.74) is 0. The molecule has 0 radical (unpaired) electrons. The van der Waals surface area contributed by atoms with E-state index in [1.54, 1.807) is 11.8 Å². The summed E-state index contributed by atoms with van der Waals surface area (Å²) in [5, 5.41) is 11.2. The molecule has 0 aliphatic heterocycles. The molecule has 0 heterocycles. The molecule has 0 aliphatic rings. The van der Waals surface area contributed by atoms with Gasteiger partial charge in [0, 0.05) is 12.7 Å². The summed E-state index contributed by atoms with van der Waals surface area (Å²) in [5.74, 6) is 0.721. The number of aliphatic carboxylic acids is 1. The molecule has 0 saturated heterocycles. The Bertz CT molecular complexity index is 219. The quantitative estimate of drug-likeness (QED) is 0.651. The molecule has 0 rings (SSSR count). The molecule has 0 spiro atoms. The van der Waals surface area contributed by atoms with Crippen molar-refractivity contribution in [3.05, 3.63) is 0 Å². The van der Waals surface area contributed by atoms with Gasteiger partial charge in [0.2, 0.25) is 5.91 Å². The number of nitrogens with one attached hydrogen (secondary N) is 1. The first-order valence-corrected chi connectivity index (χ1v) is 6.16. The second-order valence-electron chi connectivity index (χ2n) is 3.85. The fourth-order valence-electron chi connectivity index (χ4n) is 0.940. The van der Waals surface area contributed by atoms with Crippen molar-refractivity contribution in [2.24, 2.45) is 5.92 Å². The Hall–Kier alpha value is -0.710. The van der Waals surface area contributed by atoms with Gasteiger partial charge in [-0.25, -0.2) is 4.79 Å². The minimum absolute atomic E-state index is 0.299. The van der Waals surface area contributed by atoms with Crippen molar-refractivity contribution in [2.45, 2.75) is 33.2 Å². The first kappa shape index (κ1) is 14.3. The number of carboxylic acid groups (broad SMARTS) is 1. The van der Waals surface area contributed by atoms with Crippen molar-refractivity contribution < 1.29 is 14.7 Å². The number of hydrogen-bond acceptors (Lipinski definition) is 3. The minimum Gasteiger partial charge on any atom is -0.480 e. The Morgan fingerprint density at radius 2 is 2.00 bits per heavy atom. The van der Waals surface area contributed by atoms with Crippen LogP contribution < -0.4 is 5.32 Å². The lowest BCUT2D eigenvalue weighted by atomic mass is 10.2. The van der Waals surface area contributed by atoms with Crippen LogP contribution in [0.4, 0.5) is 0 Å². The first-order chi connectivity index (χ1) is 6.93. The molecule has 5 heteroatoms. The molecule has 0 aromatic carbocycles. The fraction of sp³-hybridized carbons (Fsp3) is 0.800. The smallest absolute Gasteiger partial charge is 0.327 e. The van der Waals surface area contributed by atoms with E-state index in [2.05, 4.69) is 19.2 Å². The van der Waals surface area contributed by atoms with Gasteiger partial charge in [0.1, 0.15) is 6.04 Å². The van der Waals surface area contributed by atoms with Gasteiger partial charge in [-0.15, -0.1) is 0 Å². The van der Waals surface area contributed by atoms with Crippen LogP contribution in [0.1, 0.15) is 27.2 Å². The van der Waals surface area contributed by atoms with E-state index >= 15 is 0 Å². The van der Waals surface area contributed by atoms with E-state index in [1.807, 2.05) is 0 Å². The molecule has 1 amide bonds. The van der Waals surface area contributed by atoms with Gasteiger partial charge in [0.25, 0.3) is 0 Å². The maximum atomic E-state index is 10.7. The highest BCUT2D eigenvalue weighted by atomic mass is 32.2. The van der Waals surface area contributed by atoms with Crippen molar-refractivity contribution in [2.75, 3.05) is 11.5 Å². The van der Waals surface area contributed by atoms with E-state index < -0.39 is 12.0 Å². The van der Waals surface area contributed by atoms with E-state index in [0.29, 0.717) is 11.7 Å². The van der Waals surface area contributed by atoms with Gasteiger partial charge >= 0.3 is 5.97 Å². The topological polar surface area (TPSA) is 66.4 Å². The zero-order valence-corrected chi connectivity index (χ0v) is 10.3. The van der Waals surface area contributed by atoms with E-state index in [9.17, 15) is 9.59 Å². The van der Waals surface area contributed by atoms with Crippen LogP contribution in [0.25, 0.3) is 0 Å². The molecule has 0 aromatic rings. The molecular weight excluding hydrogens is 214 g/mol. The van der Waals surface area contributed by atoms with Crippen LogP contribution >= 0.6 is 11.8 Å². The minimum atomic E-state index is -0.970. The molecule has 15 heavy (non-hydrogen) atoms. The van der Waals surface area contributed by atoms with E-state index in [1.165, 1.54) is 6.92 Å². The zero-order valence-electron chi connectivity index (χ0n) is 9.45. The summed E-state index contributed by atoms with van der Waals surface area (Å²) in [6.07, 6.45) is 1.07. The van der Waals surface area contributed by atoms with Crippen molar-refractivity contribution in [1.29, 1.82) is 0 Å². The third-order valence-electron chi connectivity index (χ3n) is 1.80. The predicted molar refractivity (Wildman–Crippen MR) is 62.0 cm³/mol. The lowest BCUT2D eigenvalue weighted by Crippen LogP contribution is -2.41. The third-order valence-corrected chi connectivity index (χ3v) is 2.89. The van der Waals surface area contributed by atoms with E-state index in [4.69, 9.17) is 5.11 Å². The number of hydrogen-bond donors (Lipinski definition) is 2. The van der Waals surface area contributed by atoms with Gasteiger partial charge in [-0.3, -0.25) is 4.79 Å². The maximum Gasteiger partial charge on any atom is 0.327 e. The second kappa shape index (κ2) is 7.56. The number of amides is 1. The predicted octanol–water partition coefficient (Wildman–Crippen LogP) is 1.35. The molecule has 0 aliphatic carbocycles.